The molecule has 8 unspecified atom stereocenters. The molecule has 1 N–H and O–H groups in total. The van der Waals surface area contributed by atoms with Gasteiger partial charge in [-0.05, 0) is 85.4 Å². The summed E-state index contributed by atoms with van der Waals surface area (Å²) in [7, 11) is 0. The number of hydrogen-bond acceptors (Lipinski definition) is 1. The van der Waals surface area contributed by atoms with Crippen LogP contribution in [0.3, 0.4) is 0 Å². The minimum atomic E-state index is -0.173. The molecule has 3 fully saturated rings. The van der Waals surface area contributed by atoms with Crippen LogP contribution in [0.25, 0.3) is 0 Å². The first-order valence-corrected chi connectivity index (χ1v) is 11.8. The second-order valence-corrected chi connectivity index (χ2v) is 9.76. The maximum Gasteiger partial charge on any atom is 0.0757 e. The van der Waals surface area contributed by atoms with Crippen LogP contribution in [0.5, 0.6) is 0 Å². The summed E-state index contributed by atoms with van der Waals surface area (Å²) in [6.45, 7) is 17.9. The fraction of sp³-hybridized carbons (Fsp3) is 0.920. The van der Waals surface area contributed by atoms with Gasteiger partial charge < -0.3 is 5.11 Å². The molecule has 0 bridgehead atoms. The normalized spacial score (nSPS) is 49.2. The van der Waals surface area contributed by atoms with E-state index in [1.807, 2.05) is 27.7 Å². The Labute approximate surface area is 164 Å². The lowest BCUT2D eigenvalue weighted by Gasteiger charge is -2.59. The first-order valence-electron chi connectivity index (χ1n) is 11.8. The van der Waals surface area contributed by atoms with Crippen LogP contribution in [0.1, 0.15) is 100 Å². The van der Waals surface area contributed by atoms with Gasteiger partial charge in [-0.2, -0.15) is 0 Å². The van der Waals surface area contributed by atoms with Crippen molar-refractivity contribution in [2.75, 3.05) is 0 Å². The van der Waals surface area contributed by atoms with Crippen LogP contribution in [-0.4, -0.2) is 11.2 Å². The first kappa shape index (κ1) is 22.0. The summed E-state index contributed by atoms with van der Waals surface area (Å²) in [6.07, 6.45) is 11.6. The number of fused-ring (bicyclic) bond motifs is 5. The molecular formula is C25H46O. The van der Waals surface area contributed by atoms with E-state index in [0.717, 1.165) is 23.7 Å². The average molecular weight is 363 g/mol. The van der Waals surface area contributed by atoms with Gasteiger partial charge >= 0.3 is 0 Å². The molecule has 0 aromatic rings. The molecule has 1 heteroatoms. The quantitative estimate of drug-likeness (QED) is 0.450. The van der Waals surface area contributed by atoms with E-state index in [0.29, 0.717) is 16.7 Å². The van der Waals surface area contributed by atoms with Crippen LogP contribution in [-0.2, 0) is 0 Å². The van der Waals surface area contributed by atoms with Gasteiger partial charge in [0.05, 0.1) is 6.10 Å². The predicted octanol–water partition coefficient (Wildman–Crippen LogP) is 7.24. The molecule has 0 aliphatic heterocycles. The lowest BCUT2D eigenvalue weighted by atomic mass is 9.46. The van der Waals surface area contributed by atoms with Gasteiger partial charge in [0, 0.05) is 0 Å². The standard InChI is InChI=1S/C21H34O.2C2H6/c1-13-7-9-21(4)15(11-13)12-18(22)19-16-6-5-14(2)20(16,3)10-8-17(19)21;2*1-2/h12-14,16-19,22H,5-11H2,1-4H3;2*1-2H3. The minimum Gasteiger partial charge on any atom is -0.389 e. The van der Waals surface area contributed by atoms with E-state index in [-0.39, 0.29) is 6.10 Å². The second kappa shape index (κ2) is 8.38. The van der Waals surface area contributed by atoms with E-state index in [9.17, 15) is 5.11 Å². The van der Waals surface area contributed by atoms with Gasteiger partial charge in [0.2, 0.25) is 0 Å². The monoisotopic (exact) mass is 362 g/mol. The van der Waals surface area contributed by atoms with Crippen LogP contribution in [0.2, 0.25) is 0 Å². The molecule has 4 rings (SSSR count). The molecule has 152 valence electrons. The Morgan fingerprint density at radius 2 is 1.54 bits per heavy atom. The molecule has 0 aromatic carbocycles. The SMILES string of the molecule is CC.CC.CC1CCC2(C)C(=CC(O)C3C2CCC2(C)C(C)CCC32)C1. The van der Waals surface area contributed by atoms with Gasteiger partial charge in [-0.1, -0.05) is 67.0 Å². The van der Waals surface area contributed by atoms with E-state index in [4.69, 9.17) is 0 Å². The van der Waals surface area contributed by atoms with Crippen molar-refractivity contribution in [3.05, 3.63) is 11.6 Å². The molecule has 8 atom stereocenters. The number of allylic oxidation sites excluding steroid dienone is 1. The Balaban J connectivity index is 0.000000570. The van der Waals surface area contributed by atoms with Crippen molar-refractivity contribution in [1.29, 1.82) is 0 Å². The van der Waals surface area contributed by atoms with Gasteiger partial charge in [0.25, 0.3) is 0 Å². The maximum atomic E-state index is 11.0. The summed E-state index contributed by atoms with van der Waals surface area (Å²) in [4.78, 5) is 0. The molecule has 0 saturated heterocycles. The molecule has 26 heavy (non-hydrogen) atoms. The smallest absolute Gasteiger partial charge is 0.0757 e. The molecule has 3 saturated carbocycles. The lowest BCUT2D eigenvalue weighted by Crippen LogP contribution is -2.54. The zero-order valence-corrected chi connectivity index (χ0v) is 18.9. The van der Waals surface area contributed by atoms with Crippen molar-refractivity contribution < 1.29 is 5.11 Å². The summed E-state index contributed by atoms with van der Waals surface area (Å²) in [5.74, 6) is 3.67. The Kier molecular flexibility index (Phi) is 7.08. The molecule has 0 amide bonds. The molecule has 0 radical (unpaired) electrons. The molecule has 0 spiro atoms. The highest BCUT2D eigenvalue weighted by Crippen LogP contribution is 2.66. The topological polar surface area (TPSA) is 20.2 Å². The van der Waals surface area contributed by atoms with Crippen LogP contribution in [0, 0.1) is 40.4 Å². The fourth-order valence-corrected chi connectivity index (χ4v) is 7.09. The first-order chi connectivity index (χ1) is 12.4. The Morgan fingerprint density at radius 3 is 2.19 bits per heavy atom. The Bertz CT molecular complexity index is 494. The molecule has 1 nitrogen and oxygen atoms in total. The van der Waals surface area contributed by atoms with Crippen LogP contribution < -0.4 is 0 Å². The summed E-state index contributed by atoms with van der Waals surface area (Å²) in [6, 6.07) is 0. The van der Waals surface area contributed by atoms with Gasteiger partial charge in [0.15, 0.2) is 0 Å². The van der Waals surface area contributed by atoms with Crippen LogP contribution in [0.15, 0.2) is 11.6 Å². The van der Waals surface area contributed by atoms with E-state index >= 15 is 0 Å². The van der Waals surface area contributed by atoms with Crippen molar-refractivity contribution in [1.82, 2.24) is 0 Å². The maximum absolute atomic E-state index is 11.0. The number of aliphatic hydroxyl groups excluding tert-OH is 1. The average Bonchev–Trinajstić information content (AvgIpc) is 2.95. The summed E-state index contributed by atoms with van der Waals surface area (Å²) in [5, 5.41) is 11.0. The second-order valence-electron chi connectivity index (χ2n) is 9.76. The third-order valence-electron chi connectivity index (χ3n) is 8.85. The van der Waals surface area contributed by atoms with E-state index in [2.05, 4.69) is 33.8 Å². The van der Waals surface area contributed by atoms with Crippen molar-refractivity contribution in [2.45, 2.75) is 106 Å². The minimum absolute atomic E-state index is 0.173. The highest BCUT2D eigenvalue weighted by Gasteiger charge is 2.59. The molecular weight excluding hydrogens is 316 g/mol. The molecule has 4 aliphatic carbocycles. The number of aliphatic hydroxyl groups is 1. The fourth-order valence-electron chi connectivity index (χ4n) is 7.09. The van der Waals surface area contributed by atoms with Crippen LogP contribution >= 0.6 is 0 Å². The van der Waals surface area contributed by atoms with Crippen molar-refractivity contribution in [2.24, 2.45) is 40.4 Å². The van der Waals surface area contributed by atoms with Crippen LogP contribution in [0.4, 0.5) is 0 Å². The molecule has 0 aromatic heterocycles. The van der Waals surface area contributed by atoms with Gasteiger partial charge in [-0.15, -0.1) is 0 Å². The zero-order valence-electron chi connectivity index (χ0n) is 18.9. The van der Waals surface area contributed by atoms with E-state index in [1.54, 1.807) is 5.57 Å². The third kappa shape index (κ3) is 3.31. The highest BCUT2D eigenvalue weighted by molar-refractivity contribution is 5.27. The molecule has 0 heterocycles. The summed E-state index contributed by atoms with van der Waals surface area (Å²) >= 11 is 0. The number of rotatable bonds is 0. The Hall–Kier alpha value is -0.300. The zero-order chi connectivity index (χ0) is 19.7. The van der Waals surface area contributed by atoms with E-state index < -0.39 is 0 Å². The highest BCUT2D eigenvalue weighted by atomic mass is 16.3. The largest absolute Gasteiger partial charge is 0.389 e. The third-order valence-corrected chi connectivity index (χ3v) is 8.85. The number of hydrogen-bond donors (Lipinski definition) is 1. The van der Waals surface area contributed by atoms with Gasteiger partial charge in [-0.3, -0.25) is 0 Å². The molecule has 4 aliphatic rings. The van der Waals surface area contributed by atoms with Gasteiger partial charge in [0.1, 0.15) is 0 Å². The lowest BCUT2D eigenvalue weighted by molar-refractivity contribution is -0.0870. The van der Waals surface area contributed by atoms with Crippen molar-refractivity contribution >= 4 is 0 Å². The Morgan fingerprint density at radius 1 is 0.885 bits per heavy atom. The summed E-state index contributed by atoms with van der Waals surface area (Å²) < 4.78 is 0. The van der Waals surface area contributed by atoms with Crippen molar-refractivity contribution in [3.8, 4) is 0 Å². The van der Waals surface area contributed by atoms with Crippen molar-refractivity contribution in [3.63, 3.8) is 0 Å². The summed E-state index contributed by atoms with van der Waals surface area (Å²) in [5.41, 5.74) is 2.49. The van der Waals surface area contributed by atoms with Gasteiger partial charge in [-0.25, -0.2) is 0 Å². The van der Waals surface area contributed by atoms with E-state index in [1.165, 1.54) is 44.9 Å². The predicted molar refractivity (Wildman–Crippen MR) is 114 cm³/mol.